The lowest BCUT2D eigenvalue weighted by molar-refractivity contribution is -0.0512. The number of rotatable bonds is 8. The van der Waals surface area contributed by atoms with Gasteiger partial charge in [0.2, 0.25) is 0 Å². The van der Waals surface area contributed by atoms with Crippen molar-refractivity contribution in [2.24, 2.45) is 0 Å². The molecule has 0 radical (unpaired) electrons. The first-order valence-electron chi connectivity index (χ1n) is 5.48. The van der Waals surface area contributed by atoms with Crippen LogP contribution in [0, 0.1) is 0 Å². The summed E-state index contributed by atoms with van der Waals surface area (Å²) < 4.78 is 38.6. The van der Waals surface area contributed by atoms with Crippen LogP contribution in [0.1, 0.15) is 5.56 Å². The van der Waals surface area contributed by atoms with Crippen molar-refractivity contribution in [3.63, 3.8) is 0 Å². The van der Waals surface area contributed by atoms with Gasteiger partial charge in [-0.05, 0) is 17.7 Å². The lowest BCUT2D eigenvalue weighted by atomic mass is 10.2. The minimum absolute atomic E-state index is 0.0403. The normalized spacial score (nSPS) is 10.7. The van der Waals surface area contributed by atoms with Crippen molar-refractivity contribution in [2.45, 2.75) is 13.2 Å². The Hall–Kier alpha value is -1.40. The molecule has 0 aliphatic carbocycles. The zero-order valence-electron chi connectivity index (χ0n) is 10.4. The quantitative estimate of drug-likeness (QED) is 0.727. The van der Waals surface area contributed by atoms with E-state index >= 15 is 0 Å². The zero-order valence-corrected chi connectivity index (χ0v) is 10.4. The monoisotopic (exact) mass is 261 g/mol. The van der Waals surface area contributed by atoms with Gasteiger partial charge in [-0.25, -0.2) is 0 Å². The van der Waals surface area contributed by atoms with E-state index in [4.69, 9.17) is 9.47 Å². The summed E-state index contributed by atoms with van der Waals surface area (Å²) in [5, 5.41) is 3.11. The summed E-state index contributed by atoms with van der Waals surface area (Å²) in [5.74, 6) is 0.328. The Bertz CT molecular complexity index is 361. The molecule has 4 nitrogen and oxygen atoms in total. The van der Waals surface area contributed by atoms with Crippen LogP contribution in [0.25, 0.3) is 0 Å². The van der Waals surface area contributed by atoms with Crippen LogP contribution in [0.5, 0.6) is 11.5 Å². The van der Waals surface area contributed by atoms with Gasteiger partial charge in [0.25, 0.3) is 0 Å². The van der Waals surface area contributed by atoms with Gasteiger partial charge in [-0.2, -0.15) is 8.78 Å². The Balaban J connectivity index is 2.63. The van der Waals surface area contributed by atoms with E-state index < -0.39 is 6.61 Å². The van der Waals surface area contributed by atoms with Crippen LogP contribution >= 0.6 is 0 Å². The van der Waals surface area contributed by atoms with E-state index in [-0.39, 0.29) is 11.5 Å². The summed E-state index contributed by atoms with van der Waals surface area (Å²) in [4.78, 5) is 0. The fourth-order valence-corrected chi connectivity index (χ4v) is 1.43. The largest absolute Gasteiger partial charge is 0.493 e. The number of benzene rings is 1. The van der Waals surface area contributed by atoms with Crippen LogP contribution in [0.4, 0.5) is 8.78 Å². The predicted molar refractivity (Wildman–Crippen MR) is 63.2 cm³/mol. The number of hydrogen-bond donors (Lipinski definition) is 1. The van der Waals surface area contributed by atoms with Crippen molar-refractivity contribution in [2.75, 3.05) is 27.4 Å². The molecule has 1 N–H and O–H groups in total. The Kier molecular flexibility index (Phi) is 6.38. The van der Waals surface area contributed by atoms with Crippen molar-refractivity contribution in [3.05, 3.63) is 23.8 Å². The highest BCUT2D eigenvalue weighted by molar-refractivity contribution is 5.42. The number of alkyl halides is 2. The molecule has 0 saturated carbocycles. The summed E-state index contributed by atoms with van der Waals surface area (Å²) in [6, 6.07) is 4.92. The summed E-state index contributed by atoms with van der Waals surface area (Å²) in [5.41, 5.74) is 0.836. The number of methoxy groups -OCH3 is 2. The molecule has 0 spiro atoms. The highest BCUT2D eigenvalue weighted by Crippen LogP contribution is 2.29. The number of nitrogens with one attached hydrogen (secondary N) is 1. The van der Waals surface area contributed by atoms with Gasteiger partial charge in [0.15, 0.2) is 11.5 Å². The molecule has 0 bridgehead atoms. The smallest absolute Gasteiger partial charge is 0.387 e. The summed E-state index contributed by atoms with van der Waals surface area (Å²) >= 11 is 0. The maximum absolute atomic E-state index is 12.2. The van der Waals surface area contributed by atoms with Gasteiger partial charge < -0.3 is 19.5 Å². The molecule has 18 heavy (non-hydrogen) atoms. The van der Waals surface area contributed by atoms with Gasteiger partial charge in [0.1, 0.15) is 0 Å². The maximum atomic E-state index is 12.2. The summed E-state index contributed by atoms with van der Waals surface area (Å²) in [6.07, 6.45) is 0. The van der Waals surface area contributed by atoms with Gasteiger partial charge >= 0.3 is 6.61 Å². The van der Waals surface area contributed by atoms with Crippen molar-refractivity contribution in [1.82, 2.24) is 5.32 Å². The molecule has 0 atom stereocenters. The molecule has 1 rings (SSSR count). The third-order valence-corrected chi connectivity index (χ3v) is 2.26. The highest BCUT2D eigenvalue weighted by atomic mass is 19.3. The van der Waals surface area contributed by atoms with Crippen LogP contribution in [-0.2, 0) is 11.3 Å². The molecule has 102 valence electrons. The Labute approximate surface area is 105 Å². The standard InChI is InChI=1S/C12H17F2NO3/c1-16-6-5-15-8-9-3-4-10(17-2)11(7-9)18-12(13)14/h3-4,7,12,15H,5-6,8H2,1-2H3. The second kappa shape index (κ2) is 7.84. The van der Waals surface area contributed by atoms with Crippen LogP contribution in [0.15, 0.2) is 18.2 Å². The lowest BCUT2D eigenvalue weighted by Crippen LogP contribution is -2.18. The topological polar surface area (TPSA) is 39.7 Å². The third kappa shape index (κ3) is 4.85. The molecule has 0 aromatic heterocycles. The van der Waals surface area contributed by atoms with Gasteiger partial charge in [0.05, 0.1) is 13.7 Å². The van der Waals surface area contributed by atoms with E-state index in [0.29, 0.717) is 19.7 Å². The minimum atomic E-state index is -2.87. The molecular weight excluding hydrogens is 244 g/mol. The Morgan fingerprint density at radius 3 is 2.61 bits per heavy atom. The van der Waals surface area contributed by atoms with Gasteiger partial charge in [-0.1, -0.05) is 6.07 Å². The van der Waals surface area contributed by atoms with E-state index in [1.54, 1.807) is 19.2 Å². The fraction of sp³-hybridized carbons (Fsp3) is 0.500. The molecule has 0 fully saturated rings. The molecule has 6 heteroatoms. The number of ether oxygens (including phenoxy) is 3. The average Bonchev–Trinajstić information content (AvgIpc) is 2.34. The Morgan fingerprint density at radius 2 is 2.00 bits per heavy atom. The molecule has 1 aromatic rings. The second-order valence-electron chi connectivity index (χ2n) is 3.53. The van der Waals surface area contributed by atoms with Crippen LogP contribution in [0.3, 0.4) is 0 Å². The van der Waals surface area contributed by atoms with Crippen molar-refractivity contribution < 1.29 is 23.0 Å². The van der Waals surface area contributed by atoms with E-state index in [9.17, 15) is 8.78 Å². The molecule has 0 heterocycles. The summed E-state index contributed by atoms with van der Waals surface area (Å²) in [7, 11) is 3.02. The number of hydrogen-bond acceptors (Lipinski definition) is 4. The second-order valence-corrected chi connectivity index (χ2v) is 3.53. The first-order chi connectivity index (χ1) is 8.67. The van der Waals surface area contributed by atoms with Gasteiger partial charge in [-0.15, -0.1) is 0 Å². The first kappa shape index (κ1) is 14.7. The van der Waals surface area contributed by atoms with E-state index in [0.717, 1.165) is 5.56 Å². The highest BCUT2D eigenvalue weighted by Gasteiger charge is 2.10. The fourth-order valence-electron chi connectivity index (χ4n) is 1.43. The molecular formula is C12H17F2NO3. The molecule has 0 amide bonds. The van der Waals surface area contributed by atoms with Crippen molar-refractivity contribution in [3.8, 4) is 11.5 Å². The zero-order chi connectivity index (χ0) is 13.4. The summed E-state index contributed by atoms with van der Waals surface area (Å²) in [6.45, 7) is -1.03. The molecule has 0 aliphatic rings. The van der Waals surface area contributed by atoms with E-state index in [1.165, 1.54) is 13.2 Å². The maximum Gasteiger partial charge on any atom is 0.387 e. The molecule has 0 saturated heterocycles. The van der Waals surface area contributed by atoms with E-state index in [1.807, 2.05) is 0 Å². The molecule has 1 aromatic carbocycles. The van der Waals surface area contributed by atoms with E-state index in [2.05, 4.69) is 10.1 Å². The minimum Gasteiger partial charge on any atom is -0.493 e. The Morgan fingerprint density at radius 1 is 1.22 bits per heavy atom. The van der Waals surface area contributed by atoms with Crippen molar-refractivity contribution in [1.29, 1.82) is 0 Å². The third-order valence-electron chi connectivity index (χ3n) is 2.26. The number of halogens is 2. The van der Waals surface area contributed by atoms with Crippen LogP contribution < -0.4 is 14.8 Å². The first-order valence-corrected chi connectivity index (χ1v) is 5.48. The van der Waals surface area contributed by atoms with Crippen LogP contribution in [-0.4, -0.2) is 34.0 Å². The molecule has 0 unspecified atom stereocenters. The SMILES string of the molecule is COCCNCc1ccc(OC)c(OC(F)F)c1. The molecule has 0 aliphatic heterocycles. The predicted octanol–water partition coefficient (Wildman–Crippen LogP) is 2.03. The van der Waals surface area contributed by atoms with Crippen molar-refractivity contribution >= 4 is 0 Å². The van der Waals surface area contributed by atoms with Crippen LogP contribution in [0.2, 0.25) is 0 Å². The average molecular weight is 261 g/mol. The van der Waals surface area contributed by atoms with Gasteiger partial charge in [0, 0.05) is 20.2 Å². The lowest BCUT2D eigenvalue weighted by Gasteiger charge is -2.12. The van der Waals surface area contributed by atoms with Gasteiger partial charge in [-0.3, -0.25) is 0 Å².